The molecule has 4 N–H and O–H groups in total. The molecule has 0 fully saturated rings. The highest BCUT2D eigenvalue weighted by Gasteiger charge is 2.08. The van der Waals surface area contributed by atoms with Crippen molar-refractivity contribution >= 4 is 28.9 Å². The lowest BCUT2D eigenvalue weighted by Gasteiger charge is -2.17. The van der Waals surface area contributed by atoms with Crippen LogP contribution in [0.4, 0.5) is 0 Å². The van der Waals surface area contributed by atoms with E-state index in [1.807, 2.05) is 37.6 Å². The summed E-state index contributed by atoms with van der Waals surface area (Å²) in [6.45, 7) is 2.15. The third kappa shape index (κ3) is 7.37. The number of benzene rings is 2. The largest absolute Gasteiger partial charge is 0.506 e. The fourth-order valence-electron chi connectivity index (χ4n) is 3.53. The van der Waals surface area contributed by atoms with Crippen molar-refractivity contribution in [3.05, 3.63) is 83.0 Å². The molecule has 7 nitrogen and oxygen atoms in total. The van der Waals surface area contributed by atoms with Crippen molar-refractivity contribution in [3.8, 4) is 5.75 Å². The molecular weight excluding hydrogens is 438 g/mol. The number of hydrogen-bond acceptors (Lipinski definition) is 4. The Balaban J connectivity index is 0.000000257. The van der Waals surface area contributed by atoms with E-state index in [0.29, 0.717) is 18.1 Å². The Morgan fingerprint density at radius 3 is 2.76 bits per heavy atom. The third-order valence-electron chi connectivity index (χ3n) is 5.32. The Labute approximate surface area is 198 Å². The summed E-state index contributed by atoms with van der Waals surface area (Å²) in [5.41, 5.74) is 4.40. The van der Waals surface area contributed by atoms with Gasteiger partial charge in [0.25, 0.3) is 0 Å². The molecular formula is C25H30ClN5O2. The fourth-order valence-corrected chi connectivity index (χ4v) is 3.73. The summed E-state index contributed by atoms with van der Waals surface area (Å²) >= 11 is 5.90. The molecule has 2 aromatic carbocycles. The number of fused-ring (bicyclic) bond motifs is 1. The lowest BCUT2D eigenvalue weighted by Crippen LogP contribution is -2.24. The topological polar surface area (TPSA) is 97.0 Å². The number of nitrogens with zero attached hydrogens (tertiary/aromatic N) is 2. The second-order valence-corrected chi connectivity index (χ2v) is 8.16. The number of rotatable bonds is 10. The average Bonchev–Trinajstić information content (AvgIpc) is 3.50. The highest BCUT2D eigenvalue weighted by molar-refractivity contribution is 6.32. The van der Waals surface area contributed by atoms with Crippen LogP contribution in [-0.2, 0) is 24.2 Å². The van der Waals surface area contributed by atoms with Gasteiger partial charge in [-0.3, -0.25) is 4.79 Å². The summed E-state index contributed by atoms with van der Waals surface area (Å²) in [6, 6.07) is 13.1. The molecule has 0 saturated heterocycles. The van der Waals surface area contributed by atoms with Gasteiger partial charge in [-0.25, -0.2) is 4.98 Å². The second kappa shape index (κ2) is 12.7. The van der Waals surface area contributed by atoms with Crippen LogP contribution in [0.5, 0.6) is 5.75 Å². The second-order valence-electron chi connectivity index (χ2n) is 7.76. The van der Waals surface area contributed by atoms with Gasteiger partial charge >= 0.3 is 0 Å². The number of halogens is 1. The number of H-pyrrole nitrogens is 2. The van der Waals surface area contributed by atoms with Crippen LogP contribution in [0, 0.1) is 0 Å². The van der Waals surface area contributed by atoms with Gasteiger partial charge in [-0.1, -0.05) is 35.9 Å². The van der Waals surface area contributed by atoms with Crippen LogP contribution in [0.1, 0.15) is 23.2 Å². The zero-order chi connectivity index (χ0) is 23.5. The van der Waals surface area contributed by atoms with Crippen LogP contribution in [0.2, 0.25) is 5.02 Å². The predicted octanol–water partition coefficient (Wildman–Crippen LogP) is 4.29. The number of para-hydroxylation sites is 1. The Morgan fingerprint density at radius 1 is 1.18 bits per heavy atom. The maximum absolute atomic E-state index is 11.3. The Morgan fingerprint density at radius 2 is 2.03 bits per heavy atom. The smallest absolute Gasteiger partial charge is 0.210 e. The molecule has 2 heterocycles. The molecule has 33 heavy (non-hydrogen) atoms. The number of aromatic amines is 2. The van der Waals surface area contributed by atoms with Crippen molar-refractivity contribution in [2.45, 2.75) is 25.8 Å². The summed E-state index contributed by atoms with van der Waals surface area (Å²) in [5.74, 6) is 0.0480. The molecule has 0 radical (unpaired) electrons. The minimum atomic E-state index is 0.0480. The van der Waals surface area contributed by atoms with Crippen molar-refractivity contribution in [2.24, 2.45) is 0 Å². The van der Waals surface area contributed by atoms with E-state index < -0.39 is 0 Å². The van der Waals surface area contributed by atoms with E-state index in [1.54, 1.807) is 29.4 Å². The molecule has 4 rings (SSSR count). The van der Waals surface area contributed by atoms with E-state index in [9.17, 15) is 9.90 Å². The maximum atomic E-state index is 11.3. The van der Waals surface area contributed by atoms with Crippen molar-refractivity contribution in [1.82, 2.24) is 25.2 Å². The van der Waals surface area contributed by atoms with E-state index in [2.05, 4.69) is 26.3 Å². The number of nitrogens with one attached hydrogen (secondary N) is 3. The number of carbonyl (C=O) groups excluding carboxylic acids is 1. The number of phenols is 1. The first-order chi connectivity index (χ1) is 16.1. The van der Waals surface area contributed by atoms with Gasteiger partial charge in [0.15, 0.2) is 0 Å². The molecule has 8 heteroatoms. The summed E-state index contributed by atoms with van der Waals surface area (Å²) in [5, 5.41) is 14.0. The molecule has 0 atom stereocenters. The zero-order valence-electron chi connectivity index (χ0n) is 18.7. The Bertz CT molecular complexity index is 1130. The van der Waals surface area contributed by atoms with Crippen LogP contribution >= 0.6 is 11.6 Å². The molecule has 2 aromatic heterocycles. The SMILES string of the molecule is CNCCCc1cnc[nH]1.O=CN(CCc1c[nH]c2ccccc12)Cc1ccc(O)c(Cl)c1. The number of hydrogen-bond donors (Lipinski definition) is 4. The van der Waals surface area contributed by atoms with Gasteiger partial charge in [-0.15, -0.1) is 0 Å². The van der Waals surface area contributed by atoms with Gasteiger partial charge in [0, 0.05) is 42.1 Å². The van der Waals surface area contributed by atoms with Crippen molar-refractivity contribution in [3.63, 3.8) is 0 Å². The summed E-state index contributed by atoms with van der Waals surface area (Å²) in [7, 11) is 1.97. The first kappa shape index (κ1) is 24.4. The number of imidazole rings is 1. The number of phenolic OH excluding ortho intramolecular Hbond substituents is 1. The summed E-state index contributed by atoms with van der Waals surface area (Å²) in [6.07, 6.45) is 9.44. The molecule has 0 bridgehead atoms. The molecule has 0 aliphatic heterocycles. The minimum absolute atomic E-state index is 0.0480. The summed E-state index contributed by atoms with van der Waals surface area (Å²) in [4.78, 5) is 23.2. The van der Waals surface area contributed by atoms with E-state index in [0.717, 1.165) is 36.9 Å². The lowest BCUT2D eigenvalue weighted by molar-refractivity contribution is -0.118. The van der Waals surface area contributed by atoms with Gasteiger partial charge in [0.1, 0.15) is 5.75 Å². The highest BCUT2D eigenvalue weighted by atomic mass is 35.5. The number of carbonyl (C=O) groups is 1. The number of aromatic hydroxyl groups is 1. The normalized spacial score (nSPS) is 10.6. The maximum Gasteiger partial charge on any atom is 0.210 e. The van der Waals surface area contributed by atoms with Gasteiger partial charge in [0.05, 0.1) is 11.3 Å². The van der Waals surface area contributed by atoms with Crippen LogP contribution < -0.4 is 5.32 Å². The molecule has 174 valence electrons. The molecule has 0 spiro atoms. The van der Waals surface area contributed by atoms with Crippen molar-refractivity contribution < 1.29 is 9.90 Å². The van der Waals surface area contributed by atoms with E-state index >= 15 is 0 Å². The quantitative estimate of drug-likeness (QED) is 0.206. The molecule has 1 amide bonds. The number of aromatic nitrogens is 3. The van der Waals surface area contributed by atoms with Gasteiger partial charge in [-0.05, 0) is 62.2 Å². The molecule has 0 saturated carbocycles. The van der Waals surface area contributed by atoms with E-state index in [4.69, 9.17) is 11.6 Å². The van der Waals surface area contributed by atoms with Crippen LogP contribution in [0.3, 0.4) is 0 Å². The van der Waals surface area contributed by atoms with Gasteiger partial charge < -0.3 is 25.3 Å². The fraction of sp³-hybridized carbons (Fsp3) is 0.280. The summed E-state index contributed by atoms with van der Waals surface area (Å²) < 4.78 is 0. The first-order valence-corrected chi connectivity index (χ1v) is 11.3. The standard InChI is InChI=1S/C18H17ClN2O2.C7H13N3/c19-16-9-13(5-6-18(16)23)11-21(12-22)8-7-14-10-20-17-4-2-1-3-15(14)17;1-8-4-2-3-7-5-9-6-10-7/h1-6,9-10,12,20,23H,7-8,11H2;5-6,8H,2-4H2,1H3,(H,9,10). The van der Waals surface area contributed by atoms with Crippen LogP contribution in [-0.4, -0.2) is 51.5 Å². The molecule has 0 aliphatic carbocycles. The van der Waals surface area contributed by atoms with Crippen LogP contribution in [0.25, 0.3) is 10.9 Å². The predicted molar refractivity (Wildman–Crippen MR) is 132 cm³/mol. The molecule has 0 aliphatic rings. The number of amides is 1. The van der Waals surface area contributed by atoms with Crippen molar-refractivity contribution in [1.29, 1.82) is 0 Å². The van der Waals surface area contributed by atoms with E-state index in [-0.39, 0.29) is 5.75 Å². The minimum Gasteiger partial charge on any atom is -0.506 e. The molecule has 0 unspecified atom stereocenters. The lowest BCUT2D eigenvalue weighted by atomic mass is 10.1. The van der Waals surface area contributed by atoms with Crippen LogP contribution in [0.15, 0.2) is 61.2 Å². The van der Waals surface area contributed by atoms with Gasteiger partial charge in [-0.2, -0.15) is 0 Å². The number of aryl methyl sites for hydroxylation is 1. The van der Waals surface area contributed by atoms with Gasteiger partial charge in [0.2, 0.25) is 6.41 Å². The van der Waals surface area contributed by atoms with Crippen molar-refractivity contribution in [2.75, 3.05) is 20.1 Å². The third-order valence-corrected chi connectivity index (χ3v) is 5.62. The van der Waals surface area contributed by atoms with E-state index in [1.165, 1.54) is 23.1 Å². The monoisotopic (exact) mass is 467 g/mol. The Hall–Kier alpha value is -3.29. The highest BCUT2D eigenvalue weighted by Crippen LogP contribution is 2.24. The first-order valence-electron chi connectivity index (χ1n) is 10.9. The molecule has 4 aromatic rings. The Kier molecular flexibility index (Phi) is 9.35. The zero-order valence-corrected chi connectivity index (χ0v) is 19.5. The average molecular weight is 468 g/mol.